The molecule has 0 saturated heterocycles. The Balaban J connectivity index is 1.98. The van der Waals surface area contributed by atoms with Crippen LogP contribution in [0.3, 0.4) is 0 Å². The number of amides is 1. The van der Waals surface area contributed by atoms with Crippen LogP contribution in [-0.2, 0) is 11.2 Å². The molecule has 17 heavy (non-hydrogen) atoms. The molecule has 1 N–H and O–H groups in total. The lowest BCUT2D eigenvalue weighted by molar-refractivity contribution is -0.115. The predicted octanol–water partition coefficient (Wildman–Crippen LogP) is 4.00. The molecule has 1 amide bonds. The van der Waals surface area contributed by atoms with Crippen molar-refractivity contribution in [3.8, 4) is 0 Å². The van der Waals surface area contributed by atoms with Crippen LogP contribution in [0.25, 0.3) is 0 Å². The van der Waals surface area contributed by atoms with Gasteiger partial charge in [-0.1, -0.05) is 12.1 Å². The normalized spacial score (nSPS) is 10.2. The zero-order valence-electron chi connectivity index (χ0n) is 9.37. The molecule has 0 saturated carbocycles. The lowest BCUT2D eigenvalue weighted by Gasteiger charge is -2.04. The molecule has 4 heteroatoms. The Kier molecular flexibility index (Phi) is 3.97. The van der Waals surface area contributed by atoms with Crippen molar-refractivity contribution in [3.63, 3.8) is 0 Å². The van der Waals surface area contributed by atoms with Gasteiger partial charge in [-0.05, 0) is 52.7 Å². The third-order valence-electron chi connectivity index (χ3n) is 2.27. The number of hydrogen-bond donors (Lipinski definition) is 1. The highest BCUT2D eigenvalue weighted by atomic mass is 79.9. The van der Waals surface area contributed by atoms with E-state index in [1.807, 2.05) is 43.3 Å². The average molecular weight is 310 g/mol. The van der Waals surface area contributed by atoms with E-state index in [-0.39, 0.29) is 5.91 Å². The summed E-state index contributed by atoms with van der Waals surface area (Å²) >= 11 is 4.97. The highest BCUT2D eigenvalue weighted by Gasteiger charge is 2.06. The topological polar surface area (TPSA) is 29.1 Å². The number of thiophene rings is 1. The number of halogens is 1. The molecule has 1 aromatic heterocycles. The maximum Gasteiger partial charge on any atom is 0.229 e. The number of aryl methyl sites for hydroxylation is 1. The van der Waals surface area contributed by atoms with Crippen LogP contribution in [-0.4, -0.2) is 5.91 Å². The van der Waals surface area contributed by atoms with Crippen LogP contribution >= 0.6 is 27.3 Å². The summed E-state index contributed by atoms with van der Waals surface area (Å²) in [7, 11) is 0. The molecule has 0 radical (unpaired) electrons. The van der Waals surface area contributed by atoms with Gasteiger partial charge in [0.1, 0.15) is 0 Å². The van der Waals surface area contributed by atoms with Crippen LogP contribution in [0.4, 0.5) is 5.69 Å². The number of carbonyl (C=O) groups is 1. The minimum atomic E-state index is 0.0185. The average Bonchev–Trinajstić information content (AvgIpc) is 2.63. The first-order chi connectivity index (χ1) is 8.13. The number of anilines is 1. The molecule has 0 unspecified atom stereocenters. The summed E-state index contributed by atoms with van der Waals surface area (Å²) in [4.78, 5) is 12.8. The SMILES string of the molecule is Cc1cccc(NC(=O)Cc2ccc(Br)s2)c1. The van der Waals surface area contributed by atoms with E-state index >= 15 is 0 Å². The predicted molar refractivity (Wildman–Crippen MR) is 75.5 cm³/mol. The molecule has 0 fully saturated rings. The summed E-state index contributed by atoms with van der Waals surface area (Å²) in [5.74, 6) is 0.0185. The van der Waals surface area contributed by atoms with Crippen molar-refractivity contribution in [2.24, 2.45) is 0 Å². The molecule has 88 valence electrons. The van der Waals surface area contributed by atoms with Gasteiger partial charge in [0.25, 0.3) is 0 Å². The van der Waals surface area contributed by atoms with E-state index in [2.05, 4.69) is 21.2 Å². The highest BCUT2D eigenvalue weighted by Crippen LogP contribution is 2.22. The Morgan fingerprint density at radius 2 is 2.18 bits per heavy atom. The summed E-state index contributed by atoms with van der Waals surface area (Å²) in [6, 6.07) is 11.7. The lowest BCUT2D eigenvalue weighted by atomic mass is 10.2. The second-order valence-corrected chi connectivity index (χ2v) is 6.35. The number of rotatable bonds is 3. The molecule has 0 atom stereocenters. The maximum absolute atomic E-state index is 11.8. The van der Waals surface area contributed by atoms with Crippen molar-refractivity contribution < 1.29 is 4.79 Å². The van der Waals surface area contributed by atoms with Crippen LogP contribution < -0.4 is 5.32 Å². The molecule has 0 aliphatic carbocycles. The largest absolute Gasteiger partial charge is 0.326 e. The second kappa shape index (κ2) is 5.47. The number of benzene rings is 1. The van der Waals surface area contributed by atoms with Gasteiger partial charge >= 0.3 is 0 Å². The van der Waals surface area contributed by atoms with Crippen molar-refractivity contribution in [1.29, 1.82) is 0 Å². The Hall–Kier alpha value is -1.13. The first-order valence-corrected chi connectivity index (χ1v) is 6.85. The molecule has 0 aliphatic rings. The zero-order chi connectivity index (χ0) is 12.3. The van der Waals surface area contributed by atoms with Gasteiger partial charge in [0.05, 0.1) is 10.2 Å². The summed E-state index contributed by atoms with van der Waals surface area (Å²) in [5.41, 5.74) is 1.99. The molecule has 0 bridgehead atoms. The Morgan fingerprint density at radius 3 is 2.82 bits per heavy atom. The minimum absolute atomic E-state index is 0.0185. The van der Waals surface area contributed by atoms with Gasteiger partial charge in [0, 0.05) is 10.6 Å². The van der Waals surface area contributed by atoms with E-state index in [1.54, 1.807) is 11.3 Å². The fraction of sp³-hybridized carbons (Fsp3) is 0.154. The molecule has 2 rings (SSSR count). The molecule has 2 aromatic rings. The smallest absolute Gasteiger partial charge is 0.229 e. The van der Waals surface area contributed by atoms with E-state index in [0.717, 1.165) is 19.9 Å². The fourth-order valence-corrected chi connectivity index (χ4v) is 3.01. The van der Waals surface area contributed by atoms with E-state index in [0.29, 0.717) is 6.42 Å². The van der Waals surface area contributed by atoms with Crippen LogP contribution in [0.5, 0.6) is 0 Å². The third kappa shape index (κ3) is 3.68. The quantitative estimate of drug-likeness (QED) is 0.912. The minimum Gasteiger partial charge on any atom is -0.326 e. The second-order valence-electron chi connectivity index (χ2n) is 3.80. The van der Waals surface area contributed by atoms with Crippen molar-refractivity contribution in [3.05, 3.63) is 50.6 Å². The Morgan fingerprint density at radius 1 is 1.35 bits per heavy atom. The monoisotopic (exact) mass is 309 g/mol. The summed E-state index contributed by atoms with van der Waals surface area (Å²) in [5, 5.41) is 2.89. The summed E-state index contributed by atoms with van der Waals surface area (Å²) < 4.78 is 1.05. The van der Waals surface area contributed by atoms with Gasteiger partial charge in [-0.25, -0.2) is 0 Å². The number of hydrogen-bond acceptors (Lipinski definition) is 2. The van der Waals surface area contributed by atoms with Gasteiger partial charge < -0.3 is 5.32 Å². The van der Waals surface area contributed by atoms with Crippen LogP contribution in [0.15, 0.2) is 40.2 Å². The summed E-state index contributed by atoms with van der Waals surface area (Å²) in [6.07, 6.45) is 0.421. The molecule has 0 spiro atoms. The van der Waals surface area contributed by atoms with Crippen LogP contribution in [0.1, 0.15) is 10.4 Å². The number of nitrogens with one attached hydrogen (secondary N) is 1. The molecule has 2 nitrogen and oxygen atoms in total. The molecule has 1 aromatic carbocycles. The van der Waals surface area contributed by atoms with Gasteiger partial charge in [-0.3, -0.25) is 4.79 Å². The van der Waals surface area contributed by atoms with Crippen LogP contribution in [0.2, 0.25) is 0 Å². The van der Waals surface area contributed by atoms with Crippen molar-refractivity contribution in [2.45, 2.75) is 13.3 Å². The number of carbonyl (C=O) groups excluding carboxylic acids is 1. The van der Waals surface area contributed by atoms with Crippen molar-refractivity contribution in [1.82, 2.24) is 0 Å². The van der Waals surface area contributed by atoms with E-state index in [4.69, 9.17) is 0 Å². The van der Waals surface area contributed by atoms with Gasteiger partial charge in [-0.15, -0.1) is 11.3 Å². The fourth-order valence-electron chi connectivity index (χ4n) is 1.53. The molecular formula is C13H12BrNOS. The van der Waals surface area contributed by atoms with Gasteiger partial charge in [0.15, 0.2) is 0 Å². The molecule has 0 aliphatic heterocycles. The van der Waals surface area contributed by atoms with Crippen molar-refractivity contribution >= 4 is 38.9 Å². The maximum atomic E-state index is 11.8. The van der Waals surface area contributed by atoms with Gasteiger partial charge in [0.2, 0.25) is 5.91 Å². The standard InChI is InChI=1S/C13H12BrNOS/c1-9-3-2-4-10(7-9)15-13(16)8-11-5-6-12(14)17-11/h2-7H,8H2,1H3,(H,15,16). The third-order valence-corrected chi connectivity index (χ3v) is 3.89. The van der Waals surface area contributed by atoms with E-state index < -0.39 is 0 Å². The van der Waals surface area contributed by atoms with Gasteiger partial charge in [-0.2, -0.15) is 0 Å². The van der Waals surface area contributed by atoms with Crippen molar-refractivity contribution in [2.75, 3.05) is 5.32 Å². The Bertz CT molecular complexity index is 536. The van der Waals surface area contributed by atoms with E-state index in [1.165, 1.54) is 0 Å². The first-order valence-electron chi connectivity index (χ1n) is 5.24. The Labute approximate surface area is 113 Å². The van der Waals surface area contributed by atoms with Crippen LogP contribution in [0, 0.1) is 6.92 Å². The molecular weight excluding hydrogens is 298 g/mol. The van der Waals surface area contributed by atoms with E-state index in [9.17, 15) is 4.79 Å². The summed E-state index contributed by atoms with van der Waals surface area (Å²) in [6.45, 7) is 2.01. The highest BCUT2D eigenvalue weighted by molar-refractivity contribution is 9.11. The zero-order valence-corrected chi connectivity index (χ0v) is 11.8. The lowest BCUT2D eigenvalue weighted by Crippen LogP contribution is -2.13. The first kappa shape index (κ1) is 12.3. The molecule has 1 heterocycles.